The number of hydrogen-bond donors (Lipinski definition) is 0. The smallest absolute Gasteiger partial charge is 0.0712 e. The predicted octanol–water partition coefficient (Wildman–Crippen LogP) is 29.5. The summed E-state index contributed by atoms with van der Waals surface area (Å²) in [7, 11) is 0. The van der Waals surface area contributed by atoms with E-state index < -0.39 is 0 Å². The molecule has 5 heterocycles. The molecular weight excluding hydrogens is 1340 g/mol. The van der Waals surface area contributed by atoms with E-state index in [4.69, 9.17) is 24.9 Å². The van der Waals surface area contributed by atoms with E-state index in [0.29, 0.717) is 28.6 Å². The topological polar surface area (TPSA) is 64.5 Å². The summed E-state index contributed by atoms with van der Waals surface area (Å²) in [5.74, 6) is 2.12. The summed E-state index contributed by atoms with van der Waals surface area (Å²) < 4.78 is 0. The second-order valence-electron chi connectivity index (χ2n) is 34.6. The van der Waals surface area contributed by atoms with Gasteiger partial charge in [-0.2, -0.15) is 0 Å². The summed E-state index contributed by atoms with van der Waals surface area (Å²) in [5, 5.41) is 6.42. The summed E-state index contributed by atoms with van der Waals surface area (Å²) in [6.07, 6.45) is 18.2. The fourth-order valence-electron chi connectivity index (χ4n) is 17.3. The molecule has 3 saturated carbocycles. The van der Waals surface area contributed by atoms with E-state index in [1.807, 2.05) is 0 Å². The second-order valence-corrected chi connectivity index (χ2v) is 34.6. The van der Waals surface area contributed by atoms with Crippen LogP contribution in [0.25, 0.3) is 111 Å². The third-order valence-electron chi connectivity index (χ3n) is 22.3. The Hall–Kier alpha value is -10.8. The lowest BCUT2D eigenvalue weighted by molar-refractivity contribution is 0.411. The maximum Gasteiger partial charge on any atom is 0.0712 e. The molecule has 3 aliphatic carbocycles. The summed E-state index contributed by atoms with van der Waals surface area (Å²) in [5.41, 5.74) is 32.6. The van der Waals surface area contributed by atoms with E-state index in [0.717, 1.165) is 68.9 Å². The van der Waals surface area contributed by atoms with Gasteiger partial charge in [0, 0.05) is 54.7 Å². The average molecular weight is 1460 g/mol. The third kappa shape index (κ3) is 19.9. The average Bonchev–Trinajstić information content (AvgIpc) is 1.75. The maximum absolute atomic E-state index is 4.96. The largest absolute Gasteiger partial charge is 0.248 e. The number of aryl methyl sites for hydroxylation is 6. The number of rotatable bonds is 10. The van der Waals surface area contributed by atoms with Crippen molar-refractivity contribution in [1.29, 1.82) is 0 Å². The molecule has 10 aromatic carbocycles. The fraction of sp³-hybridized carbons (Fsp3) is 0.292. The van der Waals surface area contributed by atoms with E-state index in [1.54, 1.807) is 0 Å². The minimum atomic E-state index is 0.291. The Balaban J connectivity index is 0.000000115. The SMILES string of the molecule is Cc1cc(C)cc(-c2cc(C3CCCC3)c3ccccc3n2)c1.Cc1cc(C)cc(-c2ccc3ccc(CC(C)(C)C)cc3n2)c1.Cc1cccc(-c2cc(C3CCCC3)c3ccccc3n2)c1.Cc1cccc(-c2ccc3ccc(CC(C)(C)C)cc3n2)c1.c1ccc(-c2cc(C3CCCC3)c3ccccc3n2)cc1. The lowest BCUT2D eigenvalue weighted by Gasteiger charge is -2.18. The van der Waals surface area contributed by atoms with Gasteiger partial charge in [-0.25, -0.2) is 24.9 Å². The Morgan fingerprint density at radius 3 is 0.919 bits per heavy atom. The first-order chi connectivity index (χ1) is 53.6. The van der Waals surface area contributed by atoms with Crippen molar-refractivity contribution in [3.63, 3.8) is 0 Å². The van der Waals surface area contributed by atoms with E-state index >= 15 is 0 Å². The van der Waals surface area contributed by atoms with Crippen molar-refractivity contribution in [3.8, 4) is 56.3 Å². The number of hydrogen-bond acceptors (Lipinski definition) is 5. The molecule has 3 fully saturated rings. The van der Waals surface area contributed by atoms with Crippen molar-refractivity contribution in [3.05, 3.63) is 328 Å². The number of benzene rings is 10. The number of fused-ring (bicyclic) bond motifs is 5. The van der Waals surface area contributed by atoms with Crippen molar-refractivity contribution in [2.75, 3.05) is 0 Å². The summed E-state index contributed by atoms with van der Waals surface area (Å²) in [6.45, 7) is 26.5. The fourth-order valence-corrected chi connectivity index (χ4v) is 17.3. The molecular formula is C106H111N5. The molecule has 0 unspecified atom stereocenters. The molecule has 15 aromatic rings. The van der Waals surface area contributed by atoms with Crippen LogP contribution in [0, 0.1) is 52.4 Å². The van der Waals surface area contributed by atoms with E-state index in [-0.39, 0.29) is 0 Å². The Bertz CT molecular complexity index is 5700. The quantitative estimate of drug-likeness (QED) is 0.137. The predicted molar refractivity (Wildman–Crippen MR) is 474 cm³/mol. The van der Waals surface area contributed by atoms with Crippen molar-refractivity contribution >= 4 is 54.5 Å². The first-order valence-corrected chi connectivity index (χ1v) is 41.0. The summed E-state index contributed by atoms with van der Waals surface area (Å²) in [6, 6.07) is 95.8. The van der Waals surface area contributed by atoms with Crippen molar-refractivity contribution in [1.82, 2.24) is 24.9 Å². The van der Waals surface area contributed by atoms with Gasteiger partial charge in [0.1, 0.15) is 0 Å². The van der Waals surface area contributed by atoms with Crippen LogP contribution >= 0.6 is 0 Å². The zero-order valence-corrected chi connectivity index (χ0v) is 67.8. The lowest BCUT2D eigenvalue weighted by atomic mass is 9.88. The highest BCUT2D eigenvalue weighted by atomic mass is 14.7. The van der Waals surface area contributed by atoms with Crippen molar-refractivity contribution in [2.45, 2.75) is 191 Å². The van der Waals surface area contributed by atoms with Gasteiger partial charge in [-0.1, -0.05) is 283 Å². The number of para-hydroxylation sites is 3. The molecule has 3 aliphatic rings. The Labute approximate surface area is 661 Å². The summed E-state index contributed by atoms with van der Waals surface area (Å²) >= 11 is 0. The van der Waals surface area contributed by atoms with Gasteiger partial charge in [0.25, 0.3) is 0 Å². The monoisotopic (exact) mass is 1450 g/mol. The number of nitrogens with zero attached hydrogens (tertiary/aromatic N) is 5. The Kier molecular flexibility index (Phi) is 24.0. The highest BCUT2D eigenvalue weighted by Gasteiger charge is 2.25. The molecule has 111 heavy (non-hydrogen) atoms. The van der Waals surface area contributed by atoms with Crippen LogP contribution in [0.4, 0.5) is 0 Å². The molecule has 0 saturated heterocycles. The Morgan fingerprint density at radius 2 is 0.541 bits per heavy atom. The van der Waals surface area contributed by atoms with Crippen LogP contribution in [0.2, 0.25) is 0 Å². The second kappa shape index (κ2) is 34.7. The minimum Gasteiger partial charge on any atom is -0.248 e. The van der Waals surface area contributed by atoms with Crippen LogP contribution in [-0.4, -0.2) is 24.9 Å². The molecule has 0 aliphatic heterocycles. The molecule has 560 valence electrons. The van der Waals surface area contributed by atoms with Crippen molar-refractivity contribution in [2.24, 2.45) is 10.8 Å². The molecule has 5 heteroatoms. The first kappa shape index (κ1) is 77.0. The number of pyridine rings is 5. The molecule has 0 atom stereocenters. The van der Waals surface area contributed by atoms with E-state index in [9.17, 15) is 0 Å². The van der Waals surface area contributed by atoms with Gasteiger partial charge in [-0.3, -0.25) is 0 Å². The van der Waals surface area contributed by atoms with E-state index in [2.05, 4.69) is 350 Å². The van der Waals surface area contributed by atoms with Gasteiger partial charge in [0.2, 0.25) is 0 Å². The van der Waals surface area contributed by atoms with E-state index in [1.165, 1.54) is 193 Å². The zero-order valence-electron chi connectivity index (χ0n) is 67.8. The van der Waals surface area contributed by atoms with Gasteiger partial charge in [0.05, 0.1) is 56.1 Å². The highest BCUT2D eigenvalue weighted by Crippen LogP contribution is 2.43. The molecule has 0 radical (unpaired) electrons. The molecule has 5 aromatic heterocycles. The molecule has 18 rings (SSSR count). The van der Waals surface area contributed by atoms with Gasteiger partial charge < -0.3 is 0 Å². The molecule has 0 bridgehead atoms. The molecule has 5 nitrogen and oxygen atoms in total. The number of aromatic nitrogens is 5. The van der Waals surface area contributed by atoms with Crippen LogP contribution in [-0.2, 0) is 12.8 Å². The van der Waals surface area contributed by atoms with Gasteiger partial charge in [-0.15, -0.1) is 0 Å². The van der Waals surface area contributed by atoms with Crippen LogP contribution < -0.4 is 0 Å². The summed E-state index contributed by atoms with van der Waals surface area (Å²) in [4.78, 5) is 24.6. The maximum atomic E-state index is 4.96. The van der Waals surface area contributed by atoms with Crippen LogP contribution in [0.3, 0.4) is 0 Å². The minimum absolute atomic E-state index is 0.291. The van der Waals surface area contributed by atoms with Crippen molar-refractivity contribution < 1.29 is 0 Å². The molecule has 0 N–H and O–H groups in total. The molecule has 0 amide bonds. The van der Waals surface area contributed by atoms with Gasteiger partial charge in [0.15, 0.2) is 0 Å². The first-order valence-electron chi connectivity index (χ1n) is 41.0. The van der Waals surface area contributed by atoms with Gasteiger partial charge >= 0.3 is 0 Å². The van der Waals surface area contributed by atoms with Crippen LogP contribution in [0.5, 0.6) is 0 Å². The lowest BCUT2D eigenvalue weighted by Crippen LogP contribution is -2.09. The highest BCUT2D eigenvalue weighted by molar-refractivity contribution is 5.89. The van der Waals surface area contributed by atoms with Gasteiger partial charge in [-0.05, 0) is 246 Å². The Morgan fingerprint density at radius 1 is 0.243 bits per heavy atom. The normalized spacial score (nSPS) is 14.0. The third-order valence-corrected chi connectivity index (χ3v) is 22.3. The zero-order chi connectivity index (χ0) is 77.2. The van der Waals surface area contributed by atoms with Crippen LogP contribution in [0.1, 0.15) is 198 Å². The molecule has 0 spiro atoms. The standard InChI is InChI=1S/C22H23N.C22H25N.C21H21N.C21H23N.C20H19N/c1-15-11-16(2)13-18(12-15)22-14-20(17-7-3-4-8-17)19-9-5-6-10-21(19)23-22;1-15-10-16(2)12-19(11-15)20-9-8-18-7-6-17(13-21(18)23-20)14-22(3,4)5;1-15-7-6-10-17(13-15)21-14-19(16-8-2-3-9-16)18-11-4-5-12-20(18)22-21;1-15-6-5-7-18(12-15)19-11-10-17-9-8-16(13-20(17)22-19)14-21(2,3)4;1-2-10-16(11-3-1)20-14-18(15-8-4-5-9-15)17-12-6-7-13-19(17)21-20/h5-6,9-14,17H,3-4,7-8H2,1-2H3;6-13H,14H2,1-5H3;4-7,10-14,16H,2-3,8-9H2,1H3;5-13H,14H2,1-4H3;1-3,6-7,10-15H,4-5,8-9H2. The van der Waals surface area contributed by atoms with Crippen LogP contribution in [0.15, 0.2) is 267 Å².